The Morgan fingerprint density at radius 1 is 1.15 bits per heavy atom. The van der Waals surface area contributed by atoms with Gasteiger partial charge >= 0.3 is 0 Å². The summed E-state index contributed by atoms with van der Waals surface area (Å²) in [5.41, 5.74) is 2.00. The van der Waals surface area contributed by atoms with Crippen LogP contribution in [0.4, 0.5) is 0 Å². The van der Waals surface area contributed by atoms with E-state index in [9.17, 15) is 4.79 Å². The summed E-state index contributed by atoms with van der Waals surface area (Å²) in [6.45, 7) is 2.49. The third-order valence-electron chi connectivity index (χ3n) is 4.04. The van der Waals surface area contributed by atoms with Gasteiger partial charge in [-0.1, -0.05) is 61.2 Å². The van der Waals surface area contributed by atoms with Crippen LogP contribution < -0.4 is 4.74 Å². The van der Waals surface area contributed by atoms with Crippen LogP contribution in [0.25, 0.3) is 0 Å². The summed E-state index contributed by atoms with van der Waals surface area (Å²) in [4.78, 5) is 14.4. The molecule has 0 spiro atoms. The first-order valence-corrected chi connectivity index (χ1v) is 9.36. The van der Waals surface area contributed by atoms with Crippen LogP contribution in [0, 0.1) is 0 Å². The number of nitrogens with zero attached hydrogens (tertiary/aromatic N) is 3. The Morgan fingerprint density at radius 2 is 1.88 bits per heavy atom. The van der Waals surface area contributed by atoms with Crippen LogP contribution in [0.5, 0.6) is 5.75 Å². The molecule has 3 rings (SSSR count). The Balaban J connectivity index is 1.78. The van der Waals surface area contributed by atoms with Crippen LogP contribution in [0.2, 0.25) is 0 Å². The second kappa shape index (κ2) is 8.67. The molecule has 2 aromatic rings. The lowest BCUT2D eigenvalue weighted by Crippen LogP contribution is -2.31. The highest BCUT2D eigenvalue weighted by Crippen LogP contribution is 2.31. The molecule has 1 aliphatic heterocycles. The molecule has 1 aliphatic rings. The summed E-state index contributed by atoms with van der Waals surface area (Å²) >= 11 is 1.48. The highest BCUT2D eigenvalue weighted by molar-refractivity contribution is 8.15. The molecule has 1 saturated heterocycles. The lowest BCUT2D eigenvalue weighted by Gasteiger charge is -2.16. The summed E-state index contributed by atoms with van der Waals surface area (Å²) in [5.74, 6) is 0.880. The van der Waals surface area contributed by atoms with Gasteiger partial charge < -0.3 is 4.74 Å². The normalized spacial score (nSPS) is 18.8. The number of benzene rings is 2. The first-order valence-electron chi connectivity index (χ1n) is 8.48. The smallest absolute Gasteiger partial charge is 0.242 e. The number of ether oxygens (including phenoxy) is 1. The van der Waals surface area contributed by atoms with Crippen LogP contribution in [-0.2, 0) is 11.3 Å². The molecule has 5 nitrogen and oxygen atoms in total. The van der Waals surface area contributed by atoms with Gasteiger partial charge in [-0.3, -0.25) is 9.69 Å². The minimum absolute atomic E-state index is 0.0852. The van der Waals surface area contributed by atoms with Crippen LogP contribution in [0.3, 0.4) is 0 Å². The molecule has 1 fully saturated rings. The van der Waals surface area contributed by atoms with Crippen molar-refractivity contribution in [2.24, 2.45) is 10.2 Å². The number of carbonyl (C=O) groups is 1. The second-order valence-electron chi connectivity index (χ2n) is 5.83. The first-order chi connectivity index (χ1) is 12.7. The van der Waals surface area contributed by atoms with Crippen LogP contribution in [0.1, 0.15) is 24.5 Å². The maximum absolute atomic E-state index is 12.7. The van der Waals surface area contributed by atoms with Gasteiger partial charge in [-0.05, 0) is 29.7 Å². The zero-order valence-electron chi connectivity index (χ0n) is 14.8. The van der Waals surface area contributed by atoms with E-state index in [4.69, 9.17) is 4.74 Å². The maximum atomic E-state index is 12.7. The standard InChI is InChI=1S/C20H21N3O2S/c1-3-18-19(24)23(14-16-9-11-17(25-2)12-10-16)20(26-18)22-21-13-15-7-5-4-6-8-15/h4-13,18H,3,14H2,1-2H3/b21-13-,22-20+/t18-/m0/s1. The number of amidine groups is 1. The minimum Gasteiger partial charge on any atom is -0.497 e. The van der Waals surface area contributed by atoms with Crippen molar-refractivity contribution in [3.05, 3.63) is 65.7 Å². The van der Waals surface area contributed by atoms with Gasteiger partial charge in [0.05, 0.1) is 25.1 Å². The van der Waals surface area contributed by atoms with Crippen molar-refractivity contribution in [2.45, 2.75) is 25.1 Å². The van der Waals surface area contributed by atoms with Gasteiger partial charge in [0.25, 0.3) is 0 Å². The van der Waals surface area contributed by atoms with E-state index in [0.29, 0.717) is 11.7 Å². The van der Waals surface area contributed by atoms with E-state index in [1.165, 1.54) is 11.8 Å². The van der Waals surface area contributed by atoms with E-state index >= 15 is 0 Å². The third kappa shape index (κ3) is 4.32. The Kier molecular flexibility index (Phi) is 6.07. The van der Waals surface area contributed by atoms with E-state index in [0.717, 1.165) is 23.3 Å². The van der Waals surface area contributed by atoms with Gasteiger partial charge in [-0.25, -0.2) is 0 Å². The lowest BCUT2D eigenvalue weighted by molar-refractivity contribution is -0.126. The van der Waals surface area contributed by atoms with Gasteiger partial charge in [-0.15, -0.1) is 5.10 Å². The number of amides is 1. The van der Waals surface area contributed by atoms with Crippen LogP contribution in [-0.4, -0.2) is 34.5 Å². The molecule has 0 aromatic heterocycles. The number of methoxy groups -OCH3 is 1. The van der Waals surface area contributed by atoms with Gasteiger partial charge in [0.2, 0.25) is 5.91 Å². The molecule has 1 heterocycles. The molecule has 26 heavy (non-hydrogen) atoms. The number of hydrogen-bond donors (Lipinski definition) is 0. The molecule has 0 saturated carbocycles. The van der Waals surface area contributed by atoms with Crippen LogP contribution >= 0.6 is 11.8 Å². The van der Waals surface area contributed by atoms with E-state index in [2.05, 4.69) is 10.2 Å². The summed E-state index contributed by atoms with van der Waals surface area (Å²) < 4.78 is 5.18. The predicted molar refractivity (Wildman–Crippen MR) is 107 cm³/mol. The predicted octanol–water partition coefficient (Wildman–Crippen LogP) is 3.94. The molecule has 0 bridgehead atoms. The molecule has 0 unspecified atom stereocenters. The fourth-order valence-electron chi connectivity index (χ4n) is 2.59. The molecule has 0 aliphatic carbocycles. The van der Waals surface area contributed by atoms with Crippen molar-refractivity contribution in [1.82, 2.24) is 4.90 Å². The van der Waals surface area contributed by atoms with Crippen molar-refractivity contribution >= 4 is 29.1 Å². The number of thioether (sulfide) groups is 1. The van der Waals surface area contributed by atoms with Crippen LogP contribution in [0.15, 0.2) is 64.8 Å². The van der Waals surface area contributed by atoms with E-state index in [1.807, 2.05) is 61.5 Å². The van der Waals surface area contributed by atoms with Gasteiger partial charge in [-0.2, -0.15) is 5.10 Å². The molecular weight excluding hydrogens is 346 g/mol. The number of rotatable bonds is 6. The molecule has 0 radical (unpaired) electrons. The quantitative estimate of drug-likeness (QED) is 0.574. The highest BCUT2D eigenvalue weighted by Gasteiger charge is 2.36. The molecule has 6 heteroatoms. The molecule has 134 valence electrons. The number of carbonyl (C=O) groups excluding carboxylic acids is 1. The van der Waals surface area contributed by atoms with E-state index < -0.39 is 0 Å². The topological polar surface area (TPSA) is 54.3 Å². The molecule has 1 amide bonds. The van der Waals surface area contributed by atoms with Crippen molar-refractivity contribution in [3.8, 4) is 5.75 Å². The molecular formula is C20H21N3O2S. The fourth-order valence-corrected chi connectivity index (χ4v) is 3.61. The highest BCUT2D eigenvalue weighted by atomic mass is 32.2. The first kappa shape index (κ1) is 18.2. The lowest BCUT2D eigenvalue weighted by atomic mass is 10.2. The Labute approximate surface area is 157 Å². The third-order valence-corrected chi connectivity index (χ3v) is 5.37. The maximum Gasteiger partial charge on any atom is 0.242 e. The Bertz CT molecular complexity index is 804. The van der Waals surface area contributed by atoms with Crippen molar-refractivity contribution in [2.75, 3.05) is 7.11 Å². The van der Waals surface area contributed by atoms with Gasteiger partial charge in [0.15, 0.2) is 5.17 Å². The SMILES string of the molecule is CC[C@@H]1S/C(=N/N=C\c2ccccc2)N(Cc2ccc(OC)cc2)C1=O. The summed E-state index contributed by atoms with van der Waals surface area (Å²) in [7, 11) is 1.64. The summed E-state index contributed by atoms with van der Waals surface area (Å²) in [6.07, 6.45) is 2.47. The number of hydrogen-bond acceptors (Lipinski definition) is 5. The largest absolute Gasteiger partial charge is 0.497 e. The van der Waals surface area contributed by atoms with E-state index in [1.54, 1.807) is 18.2 Å². The summed E-state index contributed by atoms with van der Waals surface area (Å²) in [5, 5.41) is 9.03. The summed E-state index contributed by atoms with van der Waals surface area (Å²) in [6, 6.07) is 17.5. The fraction of sp³-hybridized carbons (Fsp3) is 0.250. The Morgan fingerprint density at radius 3 is 2.54 bits per heavy atom. The van der Waals surface area contributed by atoms with Crippen molar-refractivity contribution in [1.29, 1.82) is 0 Å². The van der Waals surface area contributed by atoms with Crippen molar-refractivity contribution in [3.63, 3.8) is 0 Å². The Hall–Kier alpha value is -2.60. The zero-order chi connectivity index (χ0) is 18.4. The van der Waals surface area contributed by atoms with Crippen molar-refractivity contribution < 1.29 is 9.53 Å². The molecule has 1 atom stereocenters. The average Bonchev–Trinajstić information content (AvgIpc) is 2.98. The zero-order valence-corrected chi connectivity index (χ0v) is 15.6. The van der Waals surface area contributed by atoms with E-state index in [-0.39, 0.29) is 11.2 Å². The average molecular weight is 367 g/mol. The van der Waals surface area contributed by atoms with Gasteiger partial charge in [0.1, 0.15) is 5.75 Å². The second-order valence-corrected chi connectivity index (χ2v) is 6.99. The monoisotopic (exact) mass is 367 g/mol. The van der Waals surface area contributed by atoms with Gasteiger partial charge in [0, 0.05) is 0 Å². The molecule has 2 aromatic carbocycles. The minimum atomic E-state index is -0.0982. The molecule has 0 N–H and O–H groups in total.